The second-order valence-corrected chi connectivity index (χ2v) is 3.02. The van der Waals surface area contributed by atoms with Crippen molar-refractivity contribution in [1.29, 1.82) is 0 Å². The number of rotatable bonds is 1. The summed E-state index contributed by atoms with van der Waals surface area (Å²) in [5, 5.41) is 0. The van der Waals surface area contributed by atoms with Gasteiger partial charge in [-0.2, -0.15) is 0 Å². The van der Waals surface area contributed by atoms with Crippen LogP contribution in [0.1, 0.15) is 0 Å². The molecule has 2 heteroatoms. The summed E-state index contributed by atoms with van der Waals surface area (Å²) in [4.78, 5) is 0. The summed E-state index contributed by atoms with van der Waals surface area (Å²) in [5.74, 6) is -0.626. The first kappa shape index (κ1) is 8.88. The van der Waals surface area contributed by atoms with Gasteiger partial charge in [-0.05, 0) is 35.4 Å². The zero-order valence-corrected chi connectivity index (χ0v) is 7.37. The number of hydrogen-bond donors (Lipinski definition) is 0. The van der Waals surface area contributed by atoms with Gasteiger partial charge in [-0.3, -0.25) is 0 Å². The van der Waals surface area contributed by atoms with Crippen LogP contribution in [0.5, 0.6) is 0 Å². The summed E-state index contributed by atoms with van der Waals surface area (Å²) in [7, 11) is 0. The van der Waals surface area contributed by atoms with Crippen LogP contribution in [0.3, 0.4) is 0 Å². The van der Waals surface area contributed by atoms with Crippen molar-refractivity contribution < 1.29 is 8.78 Å². The molecule has 70 valence electrons. The zero-order valence-electron chi connectivity index (χ0n) is 7.37. The maximum Gasteiger partial charge on any atom is 0.123 e. The van der Waals surface area contributed by atoms with Gasteiger partial charge in [0.05, 0.1) is 0 Å². The lowest BCUT2D eigenvalue weighted by Crippen LogP contribution is -1.81. The van der Waals surface area contributed by atoms with E-state index in [0.29, 0.717) is 11.1 Å². The van der Waals surface area contributed by atoms with E-state index in [-0.39, 0.29) is 11.6 Å². The van der Waals surface area contributed by atoms with Gasteiger partial charge in [0.1, 0.15) is 11.6 Å². The Kier molecular flexibility index (Phi) is 2.27. The van der Waals surface area contributed by atoms with Crippen molar-refractivity contribution in [2.24, 2.45) is 0 Å². The Balaban J connectivity index is 2.49. The average Bonchev–Trinajstić information content (AvgIpc) is 2.18. The zero-order chi connectivity index (χ0) is 9.97. The Morgan fingerprint density at radius 3 is 1.43 bits per heavy atom. The van der Waals surface area contributed by atoms with E-state index in [1.165, 1.54) is 24.3 Å². The molecule has 0 fully saturated rings. The number of hydrogen-bond acceptors (Lipinski definition) is 0. The van der Waals surface area contributed by atoms with Crippen molar-refractivity contribution in [3.05, 3.63) is 60.2 Å². The summed E-state index contributed by atoms with van der Waals surface area (Å²) in [6.07, 6.45) is 0. The van der Waals surface area contributed by atoms with Gasteiger partial charge in [0, 0.05) is 0 Å². The maximum absolute atomic E-state index is 12.9. The lowest BCUT2D eigenvalue weighted by Gasteiger charge is -2.01. The first-order valence-corrected chi connectivity index (χ1v) is 4.27. The van der Waals surface area contributed by atoms with Crippen LogP contribution in [0.4, 0.5) is 8.78 Å². The Hall–Kier alpha value is -1.70. The van der Waals surface area contributed by atoms with Crippen LogP contribution in [0, 0.1) is 11.6 Å². The highest BCUT2D eigenvalue weighted by atomic mass is 19.1. The third kappa shape index (κ3) is 1.79. The van der Waals surface area contributed by atoms with Gasteiger partial charge >= 0.3 is 0 Å². The largest absolute Gasteiger partial charge is 0.207 e. The van der Waals surface area contributed by atoms with Crippen LogP contribution in [0.2, 0.25) is 0 Å². The summed E-state index contributed by atoms with van der Waals surface area (Å²) in [6, 6.07) is 12.2. The first-order chi connectivity index (χ1) is 6.75. The molecule has 0 N–H and O–H groups in total. The second-order valence-electron chi connectivity index (χ2n) is 3.02. The van der Waals surface area contributed by atoms with Gasteiger partial charge < -0.3 is 0 Å². The fourth-order valence-corrected chi connectivity index (χ4v) is 1.34. The predicted molar refractivity (Wildman–Crippen MR) is 51.8 cm³/mol. The van der Waals surface area contributed by atoms with Gasteiger partial charge in [0.15, 0.2) is 0 Å². The van der Waals surface area contributed by atoms with Crippen molar-refractivity contribution in [3.63, 3.8) is 0 Å². The quantitative estimate of drug-likeness (QED) is 0.644. The molecule has 2 aromatic rings. The predicted octanol–water partition coefficient (Wildman–Crippen LogP) is 3.63. The molecule has 0 spiro atoms. The second kappa shape index (κ2) is 3.58. The molecule has 0 nitrogen and oxygen atoms in total. The molecule has 0 radical (unpaired) electrons. The summed E-state index contributed by atoms with van der Waals surface area (Å²) in [6.45, 7) is 0. The highest BCUT2D eigenvalue weighted by Crippen LogP contribution is 2.20. The van der Waals surface area contributed by atoms with Gasteiger partial charge in [-0.25, -0.2) is 8.78 Å². The van der Waals surface area contributed by atoms with Crippen LogP contribution in [0.15, 0.2) is 48.5 Å². The standard InChI is InChI=1S/C12H8F2/c13-11-5-1-3-9(7-11)10-4-2-6-12(14)8-10/h1-8H. The highest BCUT2D eigenvalue weighted by Gasteiger charge is 1.99. The van der Waals surface area contributed by atoms with E-state index in [4.69, 9.17) is 0 Å². The van der Waals surface area contributed by atoms with Crippen LogP contribution in [-0.2, 0) is 0 Å². The van der Waals surface area contributed by atoms with E-state index < -0.39 is 0 Å². The monoisotopic (exact) mass is 190 g/mol. The van der Waals surface area contributed by atoms with Crippen LogP contribution < -0.4 is 0 Å². The molecule has 14 heavy (non-hydrogen) atoms. The molecule has 0 heterocycles. The molecule has 0 aliphatic rings. The Bertz CT molecular complexity index is 406. The Morgan fingerprint density at radius 2 is 1.07 bits per heavy atom. The molecular formula is C12H8F2. The van der Waals surface area contributed by atoms with E-state index in [1.54, 1.807) is 24.3 Å². The molecule has 2 aromatic carbocycles. The molecule has 0 aliphatic heterocycles. The van der Waals surface area contributed by atoms with Crippen molar-refractivity contribution >= 4 is 0 Å². The SMILES string of the molecule is Fc1cccc(-c2cccc(F)c2)c1. The topological polar surface area (TPSA) is 0 Å². The molecular weight excluding hydrogens is 182 g/mol. The Labute approximate surface area is 80.8 Å². The molecule has 0 saturated carbocycles. The van der Waals surface area contributed by atoms with Gasteiger partial charge in [-0.15, -0.1) is 0 Å². The van der Waals surface area contributed by atoms with Crippen molar-refractivity contribution in [2.45, 2.75) is 0 Å². The van der Waals surface area contributed by atoms with Gasteiger partial charge in [-0.1, -0.05) is 24.3 Å². The third-order valence-electron chi connectivity index (χ3n) is 1.98. The molecule has 2 rings (SSSR count). The van der Waals surface area contributed by atoms with Crippen LogP contribution in [0.25, 0.3) is 11.1 Å². The number of benzene rings is 2. The van der Waals surface area contributed by atoms with Crippen LogP contribution in [-0.4, -0.2) is 0 Å². The van der Waals surface area contributed by atoms with E-state index >= 15 is 0 Å². The minimum absolute atomic E-state index is 0.313. The van der Waals surface area contributed by atoms with Crippen LogP contribution >= 0.6 is 0 Å². The summed E-state index contributed by atoms with van der Waals surface area (Å²) in [5.41, 5.74) is 1.37. The third-order valence-corrected chi connectivity index (χ3v) is 1.98. The molecule has 0 atom stereocenters. The number of halogens is 2. The summed E-state index contributed by atoms with van der Waals surface area (Å²) < 4.78 is 25.7. The van der Waals surface area contributed by atoms with Crippen molar-refractivity contribution in [3.8, 4) is 11.1 Å². The normalized spacial score (nSPS) is 10.1. The Morgan fingerprint density at radius 1 is 0.643 bits per heavy atom. The van der Waals surface area contributed by atoms with Gasteiger partial charge in [0.2, 0.25) is 0 Å². The lowest BCUT2D eigenvalue weighted by molar-refractivity contribution is 0.626. The van der Waals surface area contributed by atoms with E-state index in [0.717, 1.165) is 0 Å². The maximum atomic E-state index is 12.9. The minimum atomic E-state index is -0.313. The van der Waals surface area contributed by atoms with E-state index in [2.05, 4.69) is 0 Å². The smallest absolute Gasteiger partial charge is 0.123 e. The van der Waals surface area contributed by atoms with Crippen molar-refractivity contribution in [1.82, 2.24) is 0 Å². The molecule has 0 unspecified atom stereocenters. The summed E-state index contributed by atoms with van der Waals surface area (Å²) >= 11 is 0. The molecule has 0 aromatic heterocycles. The van der Waals surface area contributed by atoms with E-state index in [9.17, 15) is 8.78 Å². The highest BCUT2D eigenvalue weighted by molar-refractivity contribution is 5.63. The lowest BCUT2D eigenvalue weighted by atomic mass is 10.1. The van der Waals surface area contributed by atoms with Gasteiger partial charge in [0.25, 0.3) is 0 Å². The molecule has 0 amide bonds. The van der Waals surface area contributed by atoms with E-state index in [1.807, 2.05) is 0 Å². The minimum Gasteiger partial charge on any atom is -0.207 e. The molecule has 0 aliphatic carbocycles. The first-order valence-electron chi connectivity index (χ1n) is 4.27. The molecule has 0 saturated heterocycles. The fraction of sp³-hybridized carbons (Fsp3) is 0. The molecule has 0 bridgehead atoms. The fourth-order valence-electron chi connectivity index (χ4n) is 1.34. The average molecular weight is 190 g/mol. The van der Waals surface area contributed by atoms with Crippen molar-refractivity contribution in [2.75, 3.05) is 0 Å².